The second-order valence-corrected chi connectivity index (χ2v) is 8.20. The minimum atomic E-state index is -0.434. The normalized spacial score (nSPS) is 14.7. The molecule has 0 aliphatic carbocycles. The number of benzene rings is 3. The molecule has 1 saturated heterocycles. The molecule has 0 unspecified atom stereocenters. The second kappa shape index (κ2) is 9.90. The number of allylic oxidation sites excluding steroid dienone is 1. The van der Waals surface area contributed by atoms with Crippen LogP contribution in [0.3, 0.4) is 0 Å². The second-order valence-electron chi connectivity index (χ2n) is 7.33. The number of carbonyl (C=O) groups is 2. The van der Waals surface area contributed by atoms with Gasteiger partial charge in [0, 0.05) is 10.0 Å². The predicted octanol–water partition coefficient (Wildman–Crippen LogP) is 5.75. The summed E-state index contributed by atoms with van der Waals surface area (Å²) in [6, 6.07) is 21.9. The van der Waals surface area contributed by atoms with Crippen LogP contribution in [0.25, 0.3) is 0 Å². The molecule has 3 aromatic carbocycles. The molecule has 1 aliphatic heterocycles. The third kappa shape index (κ3) is 5.49. The molecule has 0 radical (unpaired) electrons. The fraction of sp³-hybridized carbons (Fsp3) is 0.120. The maximum atomic E-state index is 12.3. The molecule has 7 heteroatoms. The van der Waals surface area contributed by atoms with Crippen molar-refractivity contribution in [2.24, 2.45) is 0 Å². The Balaban J connectivity index is 1.44. The molecular weight excluding hydrogens is 447 g/mol. The fourth-order valence-electron chi connectivity index (χ4n) is 3.32. The van der Waals surface area contributed by atoms with Gasteiger partial charge < -0.3 is 4.74 Å². The average Bonchev–Trinajstić information content (AvgIpc) is 3.06. The van der Waals surface area contributed by atoms with Crippen molar-refractivity contribution < 1.29 is 14.3 Å². The van der Waals surface area contributed by atoms with Gasteiger partial charge in [0.2, 0.25) is 0 Å². The van der Waals surface area contributed by atoms with Gasteiger partial charge in [-0.2, -0.15) is 0 Å². The van der Waals surface area contributed by atoms with E-state index in [9.17, 15) is 9.59 Å². The van der Waals surface area contributed by atoms with Crippen molar-refractivity contribution >= 4 is 35.1 Å². The number of ether oxygens (including phenoxy) is 1. The van der Waals surface area contributed by atoms with Crippen LogP contribution in [0.5, 0.6) is 5.75 Å². The first-order valence-electron chi connectivity index (χ1n) is 10.0. The molecule has 0 bridgehead atoms. The number of urea groups is 1. The van der Waals surface area contributed by atoms with Gasteiger partial charge in [-0.05, 0) is 59.5 Å². The van der Waals surface area contributed by atoms with Crippen molar-refractivity contribution in [2.45, 2.75) is 19.6 Å². The molecule has 1 N–H and O–H groups in total. The van der Waals surface area contributed by atoms with Crippen LogP contribution < -0.4 is 10.1 Å². The first kappa shape index (κ1) is 21.9. The molecule has 4 rings (SSSR count). The number of carbonyl (C=O) groups excluding carboxylic acids is 2. The lowest BCUT2D eigenvalue weighted by molar-refractivity contribution is -0.116. The van der Waals surface area contributed by atoms with Crippen molar-refractivity contribution in [3.63, 3.8) is 0 Å². The summed E-state index contributed by atoms with van der Waals surface area (Å²) < 4.78 is 5.87. The number of hydrogen-bond donors (Lipinski definition) is 1. The van der Waals surface area contributed by atoms with E-state index in [1.165, 1.54) is 4.90 Å². The van der Waals surface area contributed by atoms with Crippen molar-refractivity contribution in [2.75, 3.05) is 0 Å². The fourth-order valence-corrected chi connectivity index (χ4v) is 3.57. The van der Waals surface area contributed by atoms with E-state index in [2.05, 4.69) is 5.32 Å². The largest absolute Gasteiger partial charge is 0.489 e. The molecule has 3 aromatic rings. The molecule has 0 atom stereocenters. The lowest BCUT2D eigenvalue weighted by Crippen LogP contribution is -2.27. The highest BCUT2D eigenvalue weighted by Gasteiger charge is 2.32. The van der Waals surface area contributed by atoms with E-state index in [1.807, 2.05) is 60.7 Å². The van der Waals surface area contributed by atoms with Gasteiger partial charge in [0.1, 0.15) is 18.1 Å². The summed E-state index contributed by atoms with van der Waals surface area (Å²) in [6.45, 7) is 0.707. The van der Waals surface area contributed by atoms with Gasteiger partial charge in [0.15, 0.2) is 0 Å². The Kier molecular flexibility index (Phi) is 6.78. The summed E-state index contributed by atoms with van der Waals surface area (Å²) in [5.74, 6) is 0.319. The Bertz CT molecular complexity index is 1160. The van der Waals surface area contributed by atoms with E-state index < -0.39 is 11.9 Å². The van der Waals surface area contributed by atoms with E-state index in [0.29, 0.717) is 28.8 Å². The number of halogens is 2. The lowest BCUT2D eigenvalue weighted by atomic mass is 10.1. The lowest BCUT2D eigenvalue weighted by Gasteiger charge is -2.15. The summed E-state index contributed by atoms with van der Waals surface area (Å²) in [4.78, 5) is 26.0. The summed E-state index contributed by atoms with van der Waals surface area (Å²) >= 11 is 11.8. The zero-order valence-electron chi connectivity index (χ0n) is 17.1. The van der Waals surface area contributed by atoms with Crippen LogP contribution in [0.15, 0.2) is 84.6 Å². The van der Waals surface area contributed by atoms with Gasteiger partial charge in [-0.3, -0.25) is 15.0 Å². The van der Waals surface area contributed by atoms with Crippen LogP contribution in [-0.4, -0.2) is 16.8 Å². The van der Waals surface area contributed by atoms with Gasteiger partial charge >= 0.3 is 6.03 Å². The molecule has 1 heterocycles. The number of nitrogens with one attached hydrogen (secondary N) is 1. The van der Waals surface area contributed by atoms with Gasteiger partial charge in [0.05, 0.1) is 6.54 Å². The van der Waals surface area contributed by atoms with Crippen molar-refractivity contribution in [1.29, 1.82) is 0 Å². The quantitative estimate of drug-likeness (QED) is 0.356. The molecule has 3 amide bonds. The Labute approximate surface area is 196 Å². The van der Waals surface area contributed by atoms with E-state index in [0.717, 1.165) is 22.4 Å². The SMILES string of the molecule is O=C1NC(=O)N(Cc2ccc(Cl)cc2)/C1=C\Cc1cccc(OCc2ccc(Cl)cc2)c1. The molecule has 0 spiro atoms. The molecule has 32 heavy (non-hydrogen) atoms. The summed E-state index contributed by atoms with van der Waals surface area (Å²) in [7, 11) is 0. The predicted molar refractivity (Wildman–Crippen MR) is 125 cm³/mol. The van der Waals surface area contributed by atoms with Crippen LogP contribution in [0.2, 0.25) is 10.0 Å². The molecule has 1 aliphatic rings. The zero-order chi connectivity index (χ0) is 22.5. The van der Waals surface area contributed by atoms with Gasteiger partial charge in [-0.1, -0.05) is 65.7 Å². The Hall–Kier alpha value is -3.28. The maximum Gasteiger partial charge on any atom is 0.329 e. The first-order chi connectivity index (χ1) is 15.5. The monoisotopic (exact) mass is 466 g/mol. The number of rotatable bonds is 7. The van der Waals surface area contributed by atoms with E-state index in [4.69, 9.17) is 27.9 Å². The molecule has 5 nitrogen and oxygen atoms in total. The minimum absolute atomic E-state index is 0.283. The zero-order valence-corrected chi connectivity index (χ0v) is 18.6. The van der Waals surface area contributed by atoms with Gasteiger partial charge in [-0.25, -0.2) is 4.79 Å². The Morgan fingerprint density at radius 3 is 2.19 bits per heavy atom. The smallest absolute Gasteiger partial charge is 0.329 e. The number of amides is 3. The van der Waals surface area contributed by atoms with Crippen molar-refractivity contribution in [1.82, 2.24) is 10.2 Å². The number of nitrogens with zero attached hydrogens (tertiary/aromatic N) is 1. The highest BCUT2D eigenvalue weighted by atomic mass is 35.5. The van der Waals surface area contributed by atoms with Gasteiger partial charge in [0.25, 0.3) is 5.91 Å². The summed E-state index contributed by atoms with van der Waals surface area (Å²) in [5, 5.41) is 3.66. The molecule has 162 valence electrons. The van der Waals surface area contributed by atoms with Crippen molar-refractivity contribution in [3.05, 3.63) is 111 Å². The van der Waals surface area contributed by atoms with E-state index >= 15 is 0 Å². The van der Waals surface area contributed by atoms with E-state index in [1.54, 1.807) is 18.2 Å². The Morgan fingerprint density at radius 1 is 0.844 bits per heavy atom. The van der Waals surface area contributed by atoms with E-state index in [-0.39, 0.29) is 6.54 Å². The first-order valence-corrected chi connectivity index (χ1v) is 10.8. The topological polar surface area (TPSA) is 58.6 Å². The summed E-state index contributed by atoms with van der Waals surface area (Å²) in [5.41, 5.74) is 3.19. The third-order valence-corrected chi connectivity index (χ3v) is 5.50. The van der Waals surface area contributed by atoms with Crippen LogP contribution in [-0.2, 0) is 24.4 Å². The van der Waals surface area contributed by atoms with Crippen LogP contribution in [0.1, 0.15) is 16.7 Å². The van der Waals surface area contributed by atoms with Crippen LogP contribution in [0, 0.1) is 0 Å². The third-order valence-electron chi connectivity index (χ3n) is 4.99. The molecule has 0 aromatic heterocycles. The van der Waals surface area contributed by atoms with Crippen molar-refractivity contribution in [3.8, 4) is 5.75 Å². The van der Waals surface area contributed by atoms with Crippen LogP contribution >= 0.6 is 23.2 Å². The van der Waals surface area contributed by atoms with Crippen LogP contribution in [0.4, 0.5) is 4.79 Å². The molecular formula is C25H20Cl2N2O3. The summed E-state index contributed by atoms with van der Waals surface area (Å²) in [6.07, 6.45) is 2.24. The number of imide groups is 1. The number of hydrogen-bond acceptors (Lipinski definition) is 3. The van der Waals surface area contributed by atoms with Gasteiger partial charge in [-0.15, -0.1) is 0 Å². The average molecular weight is 467 g/mol. The maximum absolute atomic E-state index is 12.3. The standard InChI is InChI=1S/C25H20Cl2N2O3/c26-20-9-4-18(5-10-20)15-29-23(24(30)28-25(29)31)13-8-17-2-1-3-22(14-17)32-16-19-6-11-21(27)12-7-19/h1-7,9-14H,8,15-16H2,(H,28,30,31)/b23-13-. The highest BCUT2D eigenvalue weighted by Crippen LogP contribution is 2.21. The molecule has 0 saturated carbocycles. The highest BCUT2D eigenvalue weighted by molar-refractivity contribution is 6.30. The molecule has 1 fully saturated rings. The minimum Gasteiger partial charge on any atom is -0.489 e. The Morgan fingerprint density at radius 2 is 1.50 bits per heavy atom.